The summed E-state index contributed by atoms with van der Waals surface area (Å²) >= 11 is 0. The lowest BCUT2D eigenvalue weighted by atomic mass is 10.0. The Morgan fingerprint density at radius 3 is 2.43 bits per heavy atom. The third-order valence-electron chi connectivity index (χ3n) is 9.53. The molecular weight excluding hydrogens is 442 g/mol. The van der Waals surface area contributed by atoms with E-state index in [9.17, 15) is 9.59 Å². The van der Waals surface area contributed by atoms with E-state index in [1.165, 1.54) is 19.3 Å². The average Bonchev–Trinajstić information content (AvgIpc) is 3.30. The summed E-state index contributed by atoms with van der Waals surface area (Å²) in [6.45, 7) is 8.63. The Labute approximate surface area is 211 Å². The number of carbonyl (C=O) groups is 2. The summed E-state index contributed by atoms with van der Waals surface area (Å²) in [7, 11) is 4.37. The van der Waals surface area contributed by atoms with Gasteiger partial charge in [0, 0.05) is 63.8 Å². The van der Waals surface area contributed by atoms with E-state index in [1.807, 2.05) is 0 Å². The SMILES string of the molecule is CN1CCC(N2CC[C@H]3[C@H]2C(=O)NC[C@H](CCC(=O)N2CCN(C4CCCCN4)CC2)N3C)CC1. The molecule has 0 aromatic heterocycles. The van der Waals surface area contributed by atoms with Crippen LogP contribution in [0.2, 0.25) is 0 Å². The normalized spacial score (nSPS) is 35.0. The van der Waals surface area contributed by atoms with Crippen molar-refractivity contribution in [1.82, 2.24) is 35.1 Å². The predicted molar refractivity (Wildman–Crippen MR) is 137 cm³/mol. The van der Waals surface area contributed by atoms with Gasteiger partial charge in [0.1, 0.15) is 6.04 Å². The molecule has 0 saturated carbocycles. The monoisotopic (exact) mass is 489 g/mol. The van der Waals surface area contributed by atoms with Crippen molar-refractivity contribution in [3.8, 4) is 0 Å². The molecule has 35 heavy (non-hydrogen) atoms. The number of likely N-dealkylation sites (N-methyl/N-ethyl adjacent to an activating group) is 1. The fourth-order valence-corrected chi connectivity index (χ4v) is 7.21. The Hall–Kier alpha value is -1.26. The van der Waals surface area contributed by atoms with Crippen LogP contribution >= 0.6 is 0 Å². The van der Waals surface area contributed by atoms with Gasteiger partial charge in [-0.1, -0.05) is 0 Å². The molecule has 0 aliphatic carbocycles. The molecule has 0 radical (unpaired) electrons. The van der Waals surface area contributed by atoms with E-state index in [2.05, 4.69) is 49.2 Å². The Morgan fingerprint density at radius 1 is 0.943 bits per heavy atom. The van der Waals surface area contributed by atoms with Crippen LogP contribution in [-0.2, 0) is 9.59 Å². The minimum absolute atomic E-state index is 0.0458. The van der Waals surface area contributed by atoms with Crippen molar-refractivity contribution < 1.29 is 9.59 Å². The number of hydrogen-bond donors (Lipinski definition) is 2. The molecule has 198 valence electrons. The molecule has 2 N–H and O–H groups in total. The van der Waals surface area contributed by atoms with Crippen LogP contribution in [0, 0.1) is 0 Å². The van der Waals surface area contributed by atoms with Gasteiger partial charge < -0.3 is 20.4 Å². The Bertz CT molecular complexity index is 729. The molecule has 0 spiro atoms. The molecule has 5 saturated heterocycles. The zero-order chi connectivity index (χ0) is 24.4. The highest BCUT2D eigenvalue weighted by atomic mass is 16.2. The van der Waals surface area contributed by atoms with Gasteiger partial charge in [-0.05, 0) is 78.7 Å². The van der Waals surface area contributed by atoms with E-state index in [0.717, 1.165) is 78.0 Å². The van der Waals surface area contributed by atoms with E-state index in [4.69, 9.17) is 0 Å². The number of rotatable bonds is 5. The largest absolute Gasteiger partial charge is 0.353 e. The number of fused-ring (bicyclic) bond motifs is 1. The molecule has 1 unspecified atom stereocenters. The first-order valence-electron chi connectivity index (χ1n) is 14.2. The third-order valence-corrected chi connectivity index (χ3v) is 9.53. The fraction of sp³-hybridized carbons (Fsp3) is 0.923. The average molecular weight is 490 g/mol. The van der Waals surface area contributed by atoms with Gasteiger partial charge in [0.25, 0.3) is 0 Å². The maximum Gasteiger partial charge on any atom is 0.239 e. The second-order valence-electron chi connectivity index (χ2n) is 11.6. The smallest absolute Gasteiger partial charge is 0.239 e. The van der Waals surface area contributed by atoms with Crippen LogP contribution in [0.4, 0.5) is 0 Å². The van der Waals surface area contributed by atoms with Crippen LogP contribution in [0.3, 0.4) is 0 Å². The van der Waals surface area contributed by atoms with Crippen molar-refractivity contribution in [3.63, 3.8) is 0 Å². The Morgan fingerprint density at radius 2 is 1.71 bits per heavy atom. The van der Waals surface area contributed by atoms with Gasteiger partial charge in [0.05, 0.1) is 6.17 Å². The lowest BCUT2D eigenvalue weighted by Crippen LogP contribution is -2.57. The van der Waals surface area contributed by atoms with Crippen molar-refractivity contribution in [1.29, 1.82) is 0 Å². The second kappa shape index (κ2) is 11.4. The highest BCUT2D eigenvalue weighted by Crippen LogP contribution is 2.31. The van der Waals surface area contributed by atoms with Gasteiger partial charge in [-0.15, -0.1) is 0 Å². The molecule has 9 heteroatoms. The number of nitrogens with one attached hydrogen (secondary N) is 2. The quantitative estimate of drug-likeness (QED) is 0.562. The first kappa shape index (κ1) is 25.4. The molecule has 4 atom stereocenters. The van der Waals surface area contributed by atoms with Crippen molar-refractivity contribution in [2.75, 3.05) is 73.0 Å². The number of nitrogens with zero attached hydrogens (tertiary/aromatic N) is 5. The van der Waals surface area contributed by atoms with Gasteiger partial charge in [-0.2, -0.15) is 0 Å². The molecule has 5 rings (SSSR count). The van der Waals surface area contributed by atoms with E-state index in [-0.39, 0.29) is 29.9 Å². The van der Waals surface area contributed by atoms with Gasteiger partial charge >= 0.3 is 0 Å². The number of piperidine rings is 2. The fourth-order valence-electron chi connectivity index (χ4n) is 7.21. The third kappa shape index (κ3) is 5.69. The Kier molecular flexibility index (Phi) is 8.29. The van der Waals surface area contributed by atoms with Gasteiger partial charge in [0.15, 0.2) is 0 Å². The van der Waals surface area contributed by atoms with Crippen LogP contribution in [0.5, 0.6) is 0 Å². The van der Waals surface area contributed by atoms with Gasteiger partial charge in [-0.3, -0.25) is 24.3 Å². The number of piperazine rings is 1. The highest BCUT2D eigenvalue weighted by Gasteiger charge is 2.47. The molecular formula is C26H47N7O2. The van der Waals surface area contributed by atoms with E-state index in [1.54, 1.807) is 0 Å². The van der Waals surface area contributed by atoms with Crippen LogP contribution in [0.1, 0.15) is 51.4 Å². The summed E-state index contributed by atoms with van der Waals surface area (Å²) in [6, 6.07) is 0.948. The van der Waals surface area contributed by atoms with E-state index in [0.29, 0.717) is 25.2 Å². The first-order valence-corrected chi connectivity index (χ1v) is 14.2. The van der Waals surface area contributed by atoms with E-state index < -0.39 is 0 Å². The van der Waals surface area contributed by atoms with Crippen molar-refractivity contribution in [3.05, 3.63) is 0 Å². The zero-order valence-electron chi connectivity index (χ0n) is 22.0. The highest BCUT2D eigenvalue weighted by molar-refractivity contribution is 5.83. The molecule has 2 amide bonds. The molecule has 0 aromatic rings. The van der Waals surface area contributed by atoms with Crippen LogP contribution in [-0.4, -0.2) is 140 Å². The van der Waals surface area contributed by atoms with Crippen LogP contribution in [0.15, 0.2) is 0 Å². The number of amides is 2. The maximum atomic E-state index is 13.2. The Balaban J connectivity index is 1.11. The predicted octanol–water partition coefficient (Wildman–Crippen LogP) is -0.0223. The summed E-state index contributed by atoms with van der Waals surface area (Å²) in [5.41, 5.74) is 0. The maximum absolute atomic E-state index is 13.2. The van der Waals surface area contributed by atoms with Crippen molar-refractivity contribution in [2.45, 2.75) is 81.7 Å². The van der Waals surface area contributed by atoms with Gasteiger partial charge in [0.2, 0.25) is 11.8 Å². The number of hydrogen-bond acceptors (Lipinski definition) is 7. The summed E-state index contributed by atoms with van der Waals surface area (Å²) in [6.07, 6.45) is 9.05. The summed E-state index contributed by atoms with van der Waals surface area (Å²) in [4.78, 5) is 38.1. The van der Waals surface area contributed by atoms with Gasteiger partial charge in [-0.25, -0.2) is 0 Å². The lowest BCUT2D eigenvalue weighted by molar-refractivity contribution is -0.134. The summed E-state index contributed by atoms with van der Waals surface area (Å²) in [5.74, 6) is 0.473. The lowest BCUT2D eigenvalue weighted by Gasteiger charge is -2.41. The minimum Gasteiger partial charge on any atom is -0.353 e. The standard InChI is InChI=1S/C26H47N7O2/c1-29-12-8-20(9-13-29)33-14-10-22-25(33)26(35)28-19-21(30(22)2)6-7-24(34)32-17-15-31(16-18-32)23-5-3-4-11-27-23/h20-23,25,27H,3-19H2,1-2H3,(H,28,35)/t21-,22-,23?,25-/m0/s1. The number of carbonyl (C=O) groups excluding carboxylic acids is 2. The van der Waals surface area contributed by atoms with Crippen molar-refractivity contribution >= 4 is 11.8 Å². The molecule has 9 nitrogen and oxygen atoms in total. The topological polar surface area (TPSA) is 74.4 Å². The number of likely N-dealkylation sites (tertiary alicyclic amines) is 2. The molecule has 5 aliphatic rings. The summed E-state index contributed by atoms with van der Waals surface area (Å²) < 4.78 is 0. The van der Waals surface area contributed by atoms with E-state index >= 15 is 0 Å². The summed E-state index contributed by atoms with van der Waals surface area (Å²) in [5, 5.41) is 6.88. The van der Waals surface area contributed by atoms with Crippen LogP contribution in [0.25, 0.3) is 0 Å². The first-order chi connectivity index (χ1) is 17.0. The van der Waals surface area contributed by atoms with Crippen molar-refractivity contribution in [2.24, 2.45) is 0 Å². The second-order valence-corrected chi connectivity index (χ2v) is 11.6. The zero-order valence-corrected chi connectivity index (χ0v) is 22.0. The minimum atomic E-state index is -0.0458. The molecule has 5 heterocycles. The molecule has 5 aliphatic heterocycles. The van der Waals surface area contributed by atoms with Crippen LogP contribution < -0.4 is 10.6 Å². The molecule has 5 fully saturated rings. The molecule has 0 bridgehead atoms. The molecule has 0 aromatic carbocycles.